The minimum atomic E-state index is -3.72. The van der Waals surface area contributed by atoms with Crippen molar-refractivity contribution in [3.63, 3.8) is 0 Å². The van der Waals surface area contributed by atoms with Crippen molar-refractivity contribution in [2.24, 2.45) is 0 Å². The standard InChI is InChI=1S/C19H19FN4O4S/c1-27-15-2-4-16(5-3-15)29(25,26)24-12-8-19(20,9-13-24)18-22-17(23-28-18)14-6-10-21-11-7-14/h2-7,10-11H,8-9,12-13H2,1H3. The number of hydrogen-bond acceptors (Lipinski definition) is 7. The zero-order valence-corrected chi connectivity index (χ0v) is 16.5. The number of aromatic nitrogens is 3. The fraction of sp³-hybridized carbons (Fsp3) is 0.316. The van der Waals surface area contributed by atoms with Crippen LogP contribution in [0.5, 0.6) is 5.75 Å². The molecule has 10 heteroatoms. The second-order valence-electron chi connectivity index (χ2n) is 6.70. The molecule has 0 bridgehead atoms. The lowest BCUT2D eigenvalue weighted by Gasteiger charge is -2.33. The maximum absolute atomic E-state index is 15.4. The molecule has 1 saturated heterocycles. The Balaban J connectivity index is 1.49. The molecule has 0 N–H and O–H groups in total. The molecule has 0 atom stereocenters. The van der Waals surface area contributed by atoms with Gasteiger partial charge < -0.3 is 9.26 Å². The minimum absolute atomic E-state index is 0.0117. The van der Waals surface area contributed by atoms with Gasteiger partial charge in [0.1, 0.15) is 5.75 Å². The van der Waals surface area contributed by atoms with E-state index in [2.05, 4.69) is 15.1 Å². The molecule has 0 unspecified atom stereocenters. The molecule has 1 aliphatic rings. The normalized spacial score (nSPS) is 17.2. The van der Waals surface area contributed by atoms with Crippen molar-refractivity contribution in [1.29, 1.82) is 0 Å². The largest absolute Gasteiger partial charge is 0.497 e. The van der Waals surface area contributed by atoms with E-state index < -0.39 is 15.7 Å². The molecule has 1 aromatic carbocycles. The smallest absolute Gasteiger partial charge is 0.264 e. The number of halogens is 1. The average molecular weight is 418 g/mol. The average Bonchev–Trinajstić information content (AvgIpc) is 3.26. The van der Waals surface area contributed by atoms with Crippen LogP contribution in [-0.2, 0) is 15.7 Å². The first kappa shape index (κ1) is 19.5. The zero-order chi connectivity index (χ0) is 20.5. The molecule has 152 valence electrons. The summed E-state index contributed by atoms with van der Waals surface area (Å²) in [5, 5.41) is 3.84. The van der Waals surface area contributed by atoms with Crippen molar-refractivity contribution < 1.29 is 22.1 Å². The van der Waals surface area contributed by atoms with Gasteiger partial charge in [-0.2, -0.15) is 9.29 Å². The fourth-order valence-electron chi connectivity index (χ4n) is 3.22. The minimum Gasteiger partial charge on any atom is -0.497 e. The molecule has 29 heavy (non-hydrogen) atoms. The van der Waals surface area contributed by atoms with Gasteiger partial charge in [-0.05, 0) is 36.4 Å². The van der Waals surface area contributed by atoms with Crippen molar-refractivity contribution in [2.45, 2.75) is 23.4 Å². The van der Waals surface area contributed by atoms with Crippen LogP contribution < -0.4 is 4.74 Å². The molecule has 0 aliphatic carbocycles. The predicted molar refractivity (Wildman–Crippen MR) is 101 cm³/mol. The molecule has 0 amide bonds. The third-order valence-corrected chi connectivity index (χ3v) is 6.87. The quantitative estimate of drug-likeness (QED) is 0.628. The Morgan fingerprint density at radius 3 is 2.38 bits per heavy atom. The van der Waals surface area contributed by atoms with Crippen LogP contribution in [0.1, 0.15) is 18.7 Å². The Morgan fingerprint density at radius 2 is 1.76 bits per heavy atom. The summed E-state index contributed by atoms with van der Waals surface area (Å²) >= 11 is 0. The van der Waals surface area contributed by atoms with Crippen LogP contribution in [0.15, 0.2) is 58.2 Å². The van der Waals surface area contributed by atoms with Crippen molar-refractivity contribution in [3.05, 3.63) is 54.7 Å². The predicted octanol–water partition coefficient (Wildman–Crippen LogP) is 2.79. The Morgan fingerprint density at radius 1 is 1.10 bits per heavy atom. The number of pyridine rings is 1. The molecule has 0 saturated carbocycles. The van der Waals surface area contributed by atoms with Gasteiger partial charge in [-0.3, -0.25) is 4.98 Å². The molecule has 0 radical (unpaired) electrons. The van der Waals surface area contributed by atoms with Crippen molar-refractivity contribution in [2.75, 3.05) is 20.2 Å². The van der Waals surface area contributed by atoms with Gasteiger partial charge >= 0.3 is 0 Å². The number of methoxy groups -OCH3 is 1. The highest BCUT2D eigenvalue weighted by Crippen LogP contribution is 2.38. The SMILES string of the molecule is COc1ccc(S(=O)(=O)N2CCC(F)(c3nc(-c4ccncc4)no3)CC2)cc1. The summed E-state index contributed by atoms with van der Waals surface area (Å²) in [4.78, 5) is 8.24. The summed E-state index contributed by atoms with van der Waals surface area (Å²) in [6.45, 7) is 0.0235. The van der Waals surface area contributed by atoms with E-state index in [1.165, 1.54) is 23.5 Å². The number of rotatable bonds is 5. The van der Waals surface area contributed by atoms with Gasteiger partial charge in [0.25, 0.3) is 5.89 Å². The number of sulfonamides is 1. The number of piperidine rings is 1. The summed E-state index contributed by atoms with van der Waals surface area (Å²) in [5.74, 6) is 0.699. The van der Waals surface area contributed by atoms with Crippen molar-refractivity contribution in [3.8, 4) is 17.1 Å². The van der Waals surface area contributed by atoms with Crippen LogP contribution >= 0.6 is 0 Å². The Bertz CT molecular complexity index is 1080. The third-order valence-electron chi connectivity index (χ3n) is 4.96. The maximum atomic E-state index is 15.4. The lowest BCUT2D eigenvalue weighted by Crippen LogP contribution is -2.43. The molecule has 3 heterocycles. The Hall–Kier alpha value is -2.85. The number of alkyl halides is 1. The molecule has 4 rings (SSSR count). The highest BCUT2D eigenvalue weighted by molar-refractivity contribution is 7.89. The highest BCUT2D eigenvalue weighted by atomic mass is 32.2. The summed E-state index contributed by atoms with van der Waals surface area (Å²) in [6.07, 6.45) is 3.03. The monoisotopic (exact) mass is 418 g/mol. The van der Waals surface area contributed by atoms with Crippen LogP contribution in [0.25, 0.3) is 11.4 Å². The van der Waals surface area contributed by atoms with Crippen molar-refractivity contribution in [1.82, 2.24) is 19.4 Å². The van der Waals surface area contributed by atoms with Crippen molar-refractivity contribution >= 4 is 10.0 Å². The van der Waals surface area contributed by atoms with E-state index in [1.807, 2.05) is 0 Å². The lowest BCUT2D eigenvalue weighted by atomic mass is 9.94. The molecule has 1 fully saturated rings. The first-order valence-electron chi connectivity index (χ1n) is 9.00. The van der Waals surface area contributed by atoms with Crippen LogP contribution in [0.2, 0.25) is 0 Å². The molecule has 8 nitrogen and oxygen atoms in total. The second-order valence-corrected chi connectivity index (χ2v) is 8.64. The van der Waals surface area contributed by atoms with Crippen LogP contribution in [0, 0.1) is 0 Å². The topological polar surface area (TPSA) is 98.4 Å². The number of ether oxygens (including phenoxy) is 1. The highest BCUT2D eigenvalue weighted by Gasteiger charge is 2.44. The maximum Gasteiger partial charge on any atom is 0.264 e. The number of hydrogen-bond donors (Lipinski definition) is 0. The van der Waals surface area contributed by atoms with Gasteiger partial charge in [-0.1, -0.05) is 5.16 Å². The lowest BCUT2D eigenvalue weighted by molar-refractivity contribution is 0.0511. The van der Waals surface area contributed by atoms with Gasteiger partial charge in [0.2, 0.25) is 15.8 Å². The van der Waals surface area contributed by atoms with Crippen LogP contribution in [0.4, 0.5) is 4.39 Å². The molecule has 3 aromatic rings. The van der Waals surface area contributed by atoms with Gasteiger partial charge in [0.15, 0.2) is 5.67 Å². The first-order chi connectivity index (χ1) is 13.9. The van der Waals surface area contributed by atoms with E-state index in [0.29, 0.717) is 11.3 Å². The summed E-state index contributed by atoms with van der Waals surface area (Å²) in [6, 6.07) is 9.51. The summed E-state index contributed by atoms with van der Waals surface area (Å²) in [5.41, 5.74) is -1.21. The third kappa shape index (κ3) is 3.73. The first-order valence-corrected chi connectivity index (χ1v) is 10.4. The Kier molecular flexibility index (Phi) is 5.05. The number of nitrogens with zero attached hydrogens (tertiary/aromatic N) is 4. The fourth-order valence-corrected chi connectivity index (χ4v) is 4.66. The van der Waals surface area contributed by atoms with Gasteiger partial charge in [0.05, 0.1) is 12.0 Å². The van der Waals surface area contributed by atoms with Gasteiger partial charge in [0, 0.05) is 43.9 Å². The van der Waals surface area contributed by atoms with E-state index in [1.54, 1.807) is 36.7 Å². The summed E-state index contributed by atoms with van der Waals surface area (Å²) < 4.78 is 52.6. The number of benzene rings is 1. The Labute approximate surface area is 167 Å². The van der Waals surface area contributed by atoms with Crippen LogP contribution in [0.3, 0.4) is 0 Å². The van der Waals surface area contributed by atoms with E-state index >= 15 is 4.39 Å². The second kappa shape index (κ2) is 7.53. The van der Waals surface area contributed by atoms with E-state index in [0.717, 1.165) is 0 Å². The van der Waals surface area contributed by atoms with Gasteiger partial charge in [-0.15, -0.1) is 0 Å². The zero-order valence-electron chi connectivity index (χ0n) is 15.7. The van der Waals surface area contributed by atoms with E-state index in [-0.39, 0.29) is 42.5 Å². The molecule has 1 aliphatic heterocycles. The molecular formula is C19H19FN4O4S. The molecular weight excluding hydrogens is 399 g/mol. The molecule has 2 aromatic heterocycles. The molecule has 0 spiro atoms. The van der Waals surface area contributed by atoms with E-state index in [9.17, 15) is 8.42 Å². The van der Waals surface area contributed by atoms with Gasteiger partial charge in [-0.25, -0.2) is 12.8 Å². The van der Waals surface area contributed by atoms with E-state index in [4.69, 9.17) is 9.26 Å². The summed E-state index contributed by atoms with van der Waals surface area (Å²) in [7, 11) is -2.21. The van der Waals surface area contributed by atoms with Crippen LogP contribution in [-0.4, -0.2) is 48.0 Å².